The van der Waals surface area contributed by atoms with Crippen molar-refractivity contribution in [1.29, 1.82) is 0 Å². The first-order chi connectivity index (χ1) is 15.5. The van der Waals surface area contributed by atoms with Crippen molar-refractivity contribution in [2.24, 2.45) is 0 Å². The van der Waals surface area contributed by atoms with E-state index in [2.05, 4.69) is 15.3 Å². The number of nitrogens with one attached hydrogen (secondary N) is 1. The van der Waals surface area contributed by atoms with Gasteiger partial charge in [-0.1, -0.05) is 35.9 Å². The molecule has 0 atom stereocenters. The molecular weight excluding hydrogens is 498 g/mol. The van der Waals surface area contributed by atoms with Crippen LogP contribution in [0.4, 0.5) is 4.39 Å². The first-order valence-electron chi connectivity index (χ1n) is 10.7. The molecule has 1 aliphatic rings. The summed E-state index contributed by atoms with van der Waals surface area (Å²) in [4.78, 5) is 15.4. The molecule has 2 aromatic carbocycles. The molecule has 34 heavy (non-hydrogen) atoms. The normalized spacial score (nSPS) is 14.0. The second kappa shape index (κ2) is 13.0. The number of aryl methyl sites for hydroxylation is 1. The zero-order valence-corrected chi connectivity index (χ0v) is 21.2. The highest BCUT2D eigenvalue weighted by atomic mass is 35.5. The summed E-state index contributed by atoms with van der Waals surface area (Å²) in [6, 6.07) is 14.3. The maximum Gasteiger partial charge on any atom is 0.271 e. The van der Waals surface area contributed by atoms with Crippen LogP contribution in [-0.4, -0.2) is 40.9 Å². The topological polar surface area (TPSA) is 50.2 Å². The van der Waals surface area contributed by atoms with E-state index < -0.39 is 0 Å². The van der Waals surface area contributed by atoms with Crippen LogP contribution in [0, 0.1) is 12.7 Å². The van der Waals surface area contributed by atoms with Crippen molar-refractivity contribution in [2.75, 3.05) is 26.2 Å². The monoisotopic (exact) mass is 524 g/mol. The summed E-state index contributed by atoms with van der Waals surface area (Å²) in [6.07, 6.45) is 3.85. The van der Waals surface area contributed by atoms with E-state index in [0.717, 1.165) is 37.3 Å². The first-order valence-corrected chi connectivity index (χ1v) is 11.1. The van der Waals surface area contributed by atoms with Gasteiger partial charge in [-0.2, -0.15) is 5.10 Å². The summed E-state index contributed by atoms with van der Waals surface area (Å²) in [5.41, 5.74) is 3.59. The number of halogens is 4. The van der Waals surface area contributed by atoms with Crippen LogP contribution in [0.1, 0.15) is 16.7 Å². The summed E-state index contributed by atoms with van der Waals surface area (Å²) in [5, 5.41) is 8.60. The molecule has 182 valence electrons. The zero-order chi connectivity index (χ0) is 22.5. The molecule has 2 heterocycles. The SMILES string of the molecule is Cc1cc(-c2cc(CN3CCNCC3)c(=O)n(CC=Cc3ccc(Cl)cc3)n2)ccc1F.Cl.Cl. The Balaban J connectivity index is 0.00000204. The van der Waals surface area contributed by atoms with Gasteiger partial charge >= 0.3 is 0 Å². The second-order valence-corrected chi connectivity index (χ2v) is 8.42. The molecule has 9 heteroatoms. The number of aromatic nitrogens is 2. The average molecular weight is 526 g/mol. The summed E-state index contributed by atoms with van der Waals surface area (Å²) in [7, 11) is 0. The van der Waals surface area contributed by atoms with Gasteiger partial charge in [0.2, 0.25) is 0 Å². The van der Waals surface area contributed by atoms with Gasteiger partial charge in [-0.15, -0.1) is 24.8 Å². The lowest BCUT2D eigenvalue weighted by Crippen LogP contribution is -2.44. The second-order valence-electron chi connectivity index (χ2n) is 7.99. The minimum absolute atomic E-state index is 0. The lowest BCUT2D eigenvalue weighted by atomic mass is 10.1. The lowest BCUT2D eigenvalue weighted by molar-refractivity contribution is 0.231. The Morgan fingerprint density at radius 1 is 1.09 bits per heavy atom. The Morgan fingerprint density at radius 3 is 2.47 bits per heavy atom. The van der Waals surface area contributed by atoms with Crippen LogP contribution in [0.15, 0.2) is 59.4 Å². The van der Waals surface area contributed by atoms with E-state index in [-0.39, 0.29) is 36.2 Å². The molecule has 1 aromatic heterocycles. The first kappa shape index (κ1) is 28.0. The Morgan fingerprint density at radius 2 is 1.79 bits per heavy atom. The molecule has 3 aromatic rings. The molecule has 1 N–H and O–H groups in total. The minimum Gasteiger partial charge on any atom is -0.314 e. The number of benzene rings is 2. The van der Waals surface area contributed by atoms with Gasteiger partial charge < -0.3 is 5.32 Å². The van der Waals surface area contributed by atoms with E-state index in [9.17, 15) is 9.18 Å². The van der Waals surface area contributed by atoms with Gasteiger partial charge in [-0.05, 0) is 54.4 Å². The van der Waals surface area contributed by atoms with E-state index in [1.807, 2.05) is 42.5 Å². The summed E-state index contributed by atoms with van der Waals surface area (Å²) < 4.78 is 15.3. The Kier molecular flexibility index (Phi) is 10.7. The standard InChI is InChI=1S/C25H26ClFN4O.2ClH/c1-18-15-20(6-9-23(18)27)24-16-21(17-30-13-10-28-11-14-30)25(32)31(29-24)12-2-3-19-4-7-22(26)8-5-19;;/h2-9,15-16,28H,10-14,17H2,1H3;2*1H. The number of nitrogens with zero attached hydrogens (tertiary/aromatic N) is 3. The van der Waals surface area contributed by atoms with Crippen LogP contribution in [0.2, 0.25) is 5.02 Å². The van der Waals surface area contributed by atoms with Crippen molar-refractivity contribution >= 4 is 42.5 Å². The third-order valence-corrected chi connectivity index (χ3v) is 5.82. The van der Waals surface area contributed by atoms with E-state index in [1.54, 1.807) is 19.1 Å². The third-order valence-electron chi connectivity index (χ3n) is 5.56. The number of hydrogen-bond acceptors (Lipinski definition) is 4. The molecule has 0 unspecified atom stereocenters. The van der Waals surface area contributed by atoms with Crippen LogP contribution in [0.25, 0.3) is 17.3 Å². The predicted octanol–water partition coefficient (Wildman–Crippen LogP) is 4.97. The average Bonchev–Trinajstić information content (AvgIpc) is 2.80. The van der Waals surface area contributed by atoms with Crippen LogP contribution < -0.4 is 10.9 Å². The van der Waals surface area contributed by atoms with Crippen LogP contribution in [0.3, 0.4) is 0 Å². The van der Waals surface area contributed by atoms with E-state index in [4.69, 9.17) is 11.6 Å². The molecule has 0 aliphatic carbocycles. The number of rotatable bonds is 6. The van der Waals surface area contributed by atoms with Crippen LogP contribution in [-0.2, 0) is 13.1 Å². The number of piperazine rings is 1. The van der Waals surface area contributed by atoms with E-state index in [0.29, 0.717) is 34.9 Å². The smallest absolute Gasteiger partial charge is 0.271 e. The van der Waals surface area contributed by atoms with Gasteiger partial charge in [0.15, 0.2) is 0 Å². The largest absolute Gasteiger partial charge is 0.314 e. The van der Waals surface area contributed by atoms with Crippen molar-refractivity contribution in [3.05, 3.63) is 92.5 Å². The maximum absolute atomic E-state index is 13.8. The molecule has 4 rings (SSSR count). The fraction of sp³-hybridized carbons (Fsp3) is 0.280. The molecule has 0 spiro atoms. The van der Waals surface area contributed by atoms with Crippen LogP contribution in [0.5, 0.6) is 0 Å². The molecule has 1 fully saturated rings. The highest BCUT2D eigenvalue weighted by Gasteiger charge is 2.15. The molecule has 0 radical (unpaired) electrons. The molecule has 5 nitrogen and oxygen atoms in total. The fourth-order valence-electron chi connectivity index (χ4n) is 3.75. The van der Waals surface area contributed by atoms with Gasteiger partial charge in [-0.25, -0.2) is 9.07 Å². The van der Waals surface area contributed by atoms with Crippen LogP contribution >= 0.6 is 36.4 Å². The highest BCUT2D eigenvalue weighted by Crippen LogP contribution is 2.20. The molecule has 1 saturated heterocycles. The molecule has 0 amide bonds. The van der Waals surface area contributed by atoms with Crippen molar-refractivity contribution < 1.29 is 4.39 Å². The number of hydrogen-bond donors (Lipinski definition) is 1. The van der Waals surface area contributed by atoms with Gasteiger partial charge in [0.05, 0.1) is 12.2 Å². The van der Waals surface area contributed by atoms with Gasteiger partial charge in [0.1, 0.15) is 5.82 Å². The maximum atomic E-state index is 13.8. The summed E-state index contributed by atoms with van der Waals surface area (Å²) >= 11 is 5.95. The quantitative estimate of drug-likeness (QED) is 0.493. The van der Waals surface area contributed by atoms with Crippen molar-refractivity contribution in [3.63, 3.8) is 0 Å². The Labute approximate surface area is 216 Å². The van der Waals surface area contributed by atoms with Gasteiger partial charge in [0, 0.05) is 48.9 Å². The third kappa shape index (κ3) is 7.14. The lowest BCUT2D eigenvalue weighted by Gasteiger charge is -2.27. The highest BCUT2D eigenvalue weighted by molar-refractivity contribution is 6.30. The Hall–Kier alpha value is -2.22. The van der Waals surface area contributed by atoms with Crippen molar-refractivity contribution in [2.45, 2.75) is 20.0 Å². The molecule has 1 aliphatic heterocycles. The summed E-state index contributed by atoms with van der Waals surface area (Å²) in [5.74, 6) is -0.256. The van der Waals surface area contributed by atoms with E-state index >= 15 is 0 Å². The molecular formula is C25H28Cl3FN4O. The van der Waals surface area contributed by atoms with E-state index in [1.165, 1.54) is 10.7 Å². The van der Waals surface area contributed by atoms with Gasteiger partial charge in [0.25, 0.3) is 5.56 Å². The minimum atomic E-state index is -0.256. The van der Waals surface area contributed by atoms with Crippen molar-refractivity contribution in [1.82, 2.24) is 20.0 Å². The number of allylic oxidation sites excluding steroid dienone is 1. The zero-order valence-electron chi connectivity index (χ0n) is 18.8. The Bertz CT molecular complexity index is 1180. The van der Waals surface area contributed by atoms with Gasteiger partial charge in [-0.3, -0.25) is 9.69 Å². The molecule has 0 bridgehead atoms. The fourth-order valence-corrected chi connectivity index (χ4v) is 3.88. The molecule has 0 saturated carbocycles. The van der Waals surface area contributed by atoms with Crippen molar-refractivity contribution in [3.8, 4) is 11.3 Å². The predicted molar refractivity (Wildman–Crippen MR) is 142 cm³/mol. The summed E-state index contributed by atoms with van der Waals surface area (Å²) in [6.45, 7) is 6.24.